The number of rotatable bonds is 3. The van der Waals surface area contributed by atoms with Crippen molar-refractivity contribution in [1.29, 1.82) is 0 Å². The van der Waals surface area contributed by atoms with Crippen LogP contribution in [0.2, 0.25) is 0 Å². The van der Waals surface area contributed by atoms with Crippen molar-refractivity contribution >= 4 is 12.0 Å². The average molecular weight is 301 g/mol. The summed E-state index contributed by atoms with van der Waals surface area (Å²) in [5, 5.41) is 2.64. The van der Waals surface area contributed by atoms with E-state index in [1.165, 1.54) is 24.5 Å². The van der Waals surface area contributed by atoms with Crippen molar-refractivity contribution in [2.75, 3.05) is 39.3 Å². The number of carbonyl (C=O) groups excluding carboxylic acids is 2. The Kier molecular flexibility index (Phi) is 9.01. The van der Waals surface area contributed by atoms with Gasteiger partial charge in [-0.25, -0.2) is 4.79 Å². The van der Waals surface area contributed by atoms with Crippen LogP contribution in [0.4, 0.5) is 4.79 Å². The summed E-state index contributed by atoms with van der Waals surface area (Å²) in [5.74, 6) is -0.137. The largest absolute Gasteiger partial charge is 0.444 e. The molecule has 6 heteroatoms. The van der Waals surface area contributed by atoms with Gasteiger partial charge in [0.1, 0.15) is 12.1 Å². The minimum atomic E-state index is -0.509. The Hall–Kier alpha value is -1.30. The van der Waals surface area contributed by atoms with Gasteiger partial charge in [0.15, 0.2) is 0 Å². The molecular weight excluding hydrogens is 270 g/mol. The Labute approximate surface area is 128 Å². The van der Waals surface area contributed by atoms with Gasteiger partial charge in [0.25, 0.3) is 0 Å². The van der Waals surface area contributed by atoms with Gasteiger partial charge in [0.2, 0.25) is 5.91 Å². The monoisotopic (exact) mass is 301 g/mol. The molecule has 0 atom stereocenters. The van der Waals surface area contributed by atoms with Crippen LogP contribution in [-0.2, 0) is 9.53 Å². The van der Waals surface area contributed by atoms with Crippen LogP contribution >= 0.6 is 0 Å². The van der Waals surface area contributed by atoms with Crippen LogP contribution in [0.3, 0.4) is 0 Å². The molecule has 1 heterocycles. The van der Waals surface area contributed by atoms with Crippen molar-refractivity contribution in [3.05, 3.63) is 0 Å². The summed E-state index contributed by atoms with van der Waals surface area (Å²) in [4.78, 5) is 26.2. The van der Waals surface area contributed by atoms with Gasteiger partial charge in [0, 0.05) is 13.1 Å². The van der Waals surface area contributed by atoms with Crippen molar-refractivity contribution in [3.8, 4) is 0 Å². The van der Waals surface area contributed by atoms with Gasteiger partial charge in [-0.15, -0.1) is 0 Å². The number of hydrogen-bond donors (Lipinski definition) is 1. The Morgan fingerprint density at radius 2 is 1.76 bits per heavy atom. The quantitative estimate of drug-likeness (QED) is 0.862. The highest BCUT2D eigenvalue weighted by atomic mass is 16.6. The van der Waals surface area contributed by atoms with E-state index in [9.17, 15) is 9.59 Å². The fourth-order valence-corrected chi connectivity index (χ4v) is 1.79. The lowest BCUT2D eigenvalue weighted by Gasteiger charge is -2.29. The van der Waals surface area contributed by atoms with Gasteiger partial charge in [-0.2, -0.15) is 0 Å². The molecule has 1 rings (SSSR count). The first kappa shape index (κ1) is 19.7. The van der Waals surface area contributed by atoms with Crippen molar-refractivity contribution in [2.24, 2.45) is 0 Å². The van der Waals surface area contributed by atoms with Crippen LogP contribution in [0.5, 0.6) is 0 Å². The molecule has 1 aliphatic heterocycles. The van der Waals surface area contributed by atoms with E-state index >= 15 is 0 Å². The zero-order valence-electron chi connectivity index (χ0n) is 14.4. The molecule has 124 valence electrons. The van der Waals surface area contributed by atoms with Crippen molar-refractivity contribution < 1.29 is 14.3 Å². The minimum Gasteiger partial charge on any atom is -0.444 e. The molecule has 0 aromatic rings. The first-order valence-electron chi connectivity index (χ1n) is 7.70. The highest BCUT2D eigenvalue weighted by molar-refractivity contribution is 5.83. The molecule has 0 saturated carbocycles. The molecule has 0 bridgehead atoms. The molecule has 0 aromatic carbocycles. The van der Waals surface area contributed by atoms with Gasteiger partial charge in [-0.1, -0.05) is 20.8 Å². The lowest BCUT2D eigenvalue weighted by atomic mass is 10.2. The summed E-state index contributed by atoms with van der Waals surface area (Å²) in [6.45, 7) is 16.6. The molecule has 0 radical (unpaired) electrons. The summed E-state index contributed by atoms with van der Waals surface area (Å²) < 4.78 is 5.13. The summed E-state index contributed by atoms with van der Waals surface area (Å²) in [5.41, 5.74) is -0.509. The zero-order chi connectivity index (χ0) is 16.5. The number of amides is 2. The zero-order valence-corrected chi connectivity index (χ0v) is 14.4. The van der Waals surface area contributed by atoms with Crippen LogP contribution in [-0.4, -0.2) is 66.7 Å². The standard InChI is InChI=1S/C9H16N2O3.C6H15N/c1-9(2,3)14-8(13)11-5-4-10-7(12)6-11;1-4-7(5-2)6-3/h4-6H2,1-3H3,(H,10,12);4-6H2,1-3H3. The molecule has 2 amide bonds. The molecule has 1 fully saturated rings. The van der Waals surface area contributed by atoms with Crippen LogP contribution in [0.1, 0.15) is 41.5 Å². The number of carbonyl (C=O) groups is 2. The van der Waals surface area contributed by atoms with Gasteiger partial charge in [-0.05, 0) is 40.4 Å². The molecule has 0 spiro atoms. The molecular formula is C15H31N3O3. The third-order valence-corrected chi connectivity index (χ3v) is 3.03. The molecule has 6 nitrogen and oxygen atoms in total. The fourth-order valence-electron chi connectivity index (χ4n) is 1.79. The smallest absolute Gasteiger partial charge is 0.410 e. The number of nitrogens with zero attached hydrogens (tertiary/aromatic N) is 2. The van der Waals surface area contributed by atoms with Gasteiger partial charge in [0.05, 0.1) is 0 Å². The summed E-state index contributed by atoms with van der Waals surface area (Å²) in [6, 6.07) is 0. The number of ether oxygens (including phenoxy) is 1. The highest BCUT2D eigenvalue weighted by Crippen LogP contribution is 2.10. The number of nitrogens with one attached hydrogen (secondary N) is 1. The second kappa shape index (κ2) is 9.60. The summed E-state index contributed by atoms with van der Waals surface area (Å²) >= 11 is 0. The van der Waals surface area contributed by atoms with Gasteiger partial charge < -0.3 is 15.0 Å². The predicted molar refractivity (Wildman–Crippen MR) is 84.3 cm³/mol. The van der Waals surface area contributed by atoms with E-state index in [2.05, 4.69) is 31.0 Å². The predicted octanol–water partition coefficient (Wildman–Crippen LogP) is 1.70. The Bertz CT molecular complexity index is 317. The molecule has 0 aliphatic carbocycles. The SMILES string of the molecule is CC(C)(C)OC(=O)N1CCNC(=O)C1.CCN(CC)CC. The number of piperazine rings is 1. The van der Waals surface area contributed by atoms with Crippen molar-refractivity contribution in [3.63, 3.8) is 0 Å². The van der Waals surface area contributed by atoms with Crippen LogP contribution in [0.25, 0.3) is 0 Å². The van der Waals surface area contributed by atoms with E-state index in [-0.39, 0.29) is 12.5 Å². The normalized spacial score (nSPS) is 15.2. The van der Waals surface area contributed by atoms with Crippen LogP contribution in [0, 0.1) is 0 Å². The lowest BCUT2D eigenvalue weighted by Crippen LogP contribution is -2.51. The van der Waals surface area contributed by atoms with Gasteiger partial charge in [-0.3, -0.25) is 9.69 Å². The third-order valence-electron chi connectivity index (χ3n) is 3.03. The first-order chi connectivity index (χ1) is 9.73. The molecule has 1 N–H and O–H groups in total. The van der Waals surface area contributed by atoms with E-state index in [4.69, 9.17) is 4.74 Å². The molecule has 1 aliphatic rings. The average Bonchev–Trinajstić information content (AvgIpc) is 2.39. The van der Waals surface area contributed by atoms with E-state index in [0.29, 0.717) is 13.1 Å². The molecule has 1 saturated heterocycles. The van der Waals surface area contributed by atoms with Crippen molar-refractivity contribution in [2.45, 2.75) is 47.1 Å². The maximum Gasteiger partial charge on any atom is 0.410 e. The maximum absolute atomic E-state index is 11.5. The maximum atomic E-state index is 11.5. The Balaban J connectivity index is 0.000000486. The first-order valence-corrected chi connectivity index (χ1v) is 7.70. The second-order valence-electron chi connectivity index (χ2n) is 5.87. The van der Waals surface area contributed by atoms with Gasteiger partial charge >= 0.3 is 6.09 Å². The van der Waals surface area contributed by atoms with Crippen LogP contribution < -0.4 is 5.32 Å². The summed E-state index contributed by atoms with van der Waals surface area (Å²) in [7, 11) is 0. The van der Waals surface area contributed by atoms with E-state index in [0.717, 1.165) is 0 Å². The molecule has 0 aromatic heterocycles. The van der Waals surface area contributed by atoms with Crippen molar-refractivity contribution in [1.82, 2.24) is 15.1 Å². The number of hydrogen-bond acceptors (Lipinski definition) is 4. The summed E-state index contributed by atoms with van der Waals surface area (Å²) in [6.07, 6.45) is -0.424. The van der Waals surface area contributed by atoms with E-state index in [1.54, 1.807) is 20.8 Å². The van der Waals surface area contributed by atoms with E-state index in [1.807, 2.05) is 0 Å². The third kappa shape index (κ3) is 9.28. The second-order valence-corrected chi connectivity index (χ2v) is 5.87. The lowest BCUT2D eigenvalue weighted by molar-refractivity contribution is -0.124. The minimum absolute atomic E-state index is 0.0922. The Morgan fingerprint density at radius 3 is 2.10 bits per heavy atom. The fraction of sp³-hybridized carbons (Fsp3) is 0.867. The Morgan fingerprint density at radius 1 is 1.24 bits per heavy atom. The van der Waals surface area contributed by atoms with Crippen LogP contribution in [0.15, 0.2) is 0 Å². The topological polar surface area (TPSA) is 61.9 Å². The van der Waals surface area contributed by atoms with E-state index < -0.39 is 11.7 Å². The highest BCUT2D eigenvalue weighted by Gasteiger charge is 2.25. The molecule has 0 unspecified atom stereocenters. The molecule has 21 heavy (non-hydrogen) atoms.